The minimum absolute atomic E-state index is 0.0455. The number of amides is 2. The first-order chi connectivity index (χ1) is 17.1. The summed E-state index contributed by atoms with van der Waals surface area (Å²) in [7, 11) is 1.51. The molecule has 0 aliphatic heterocycles. The minimum Gasteiger partial charge on any atom is -0.341 e. The summed E-state index contributed by atoms with van der Waals surface area (Å²) in [6.45, 7) is 0.216. The number of carbonyl (C=O) groups is 3. The number of rotatable bonds is 10. The van der Waals surface area contributed by atoms with Crippen LogP contribution in [0.25, 0.3) is 6.08 Å². The number of nitrogens with zero attached hydrogens (tertiary/aromatic N) is 2. The number of hydrazine groups is 1. The largest absolute Gasteiger partial charge is 0.416 e. The van der Waals surface area contributed by atoms with Crippen LogP contribution in [0.4, 0.5) is 18.9 Å². The zero-order valence-corrected chi connectivity index (χ0v) is 20.0. The number of carbonyl (C=O) groups excluding carboxylic acids is 3. The third kappa shape index (κ3) is 8.43. The summed E-state index contributed by atoms with van der Waals surface area (Å²) < 4.78 is 38.2. The second-order valence-electron chi connectivity index (χ2n) is 7.42. The van der Waals surface area contributed by atoms with Crippen LogP contribution in [-0.4, -0.2) is 41.8 Å². The summed E-state index contributed by atoms with van der Waals surface area (Å²) in [6.07, 6.45) is -2.67. The average Bonchev–Trinajstić information content (AvgIpc) is 2.84. The van der Waals surface area contributed by atoms with E-state index in [1.54, 1.807) is 24.3 Å². The quantitative estimate of drug-likeness (QED) is 0.0938. The molecule has 0 bridgehead atoms. The summed E-state index contributed by atoms with van der Waals surface area (Å²) in [5, 5.41) is 6.22. The predicted molar refractivity (Wildman–Crippen MR) is 134 cm³/mol. The zero-order chi connectivity index (χ0) is 26.7. The third-order valence-electron chi connectivity index (χ3n) is 4.87. The molecule has 0 spiro atoms. The molecule has 0 unspecified atom stereocenters. The number of amidine groups is 1. The summed E-state index contributed by atoms with van der Waals surface area (Å²) in [5.74, 6) is 10.0. The van der Waals surface area contributed by atoms with Crippen molar-refractivity contribution < 1.29 is 27.6 Å². The zero-order valence-electron chi connectivity index (χ0n) is 19.2. The van der Waals surface area contributed by atoms with E-state index in [-0.39, 0.29) is 29.6 Å². The van der Waals surface area contributed by atoms with Gasteiger partial charge in [-0.2, -0.15) is 18.3 Å². The topological polar surface area (TPSA) is 143 Å². The lowest BCUT2D eigenvalue weighted by atomic mass is 10.1. The Morgan fingerprint density at radius 1 is 1.11 bits per heavy atom. The standard InChI is InChI=1S/C23H25F3N6O3S/c1-32(12-2-3-20(34)29-18-10-6-16(7-11-18)21(30-27)31-28)22(35)19(36-14-33)13-15-4-8-17(9-5-15)23(24,25)26/h4-11,13-14H,2-3,12,27-28H2,1H3,(H,29,34)(H,30,31)/b19-13-. The number of hydrogen-bond donors (Lipinski definition) is 4. The molecule has 0 aliphatic rings. The fraction of sp³-hybridized carbons (Fsp3) is 0.217. The van der Waals surface area contributed by atoms with Gasteiger partial charge >= 0.3 is 6.18 Å². The SMILES string of the molecule is CN(CCCC(=O)Nc1ccc(/C(=N/N)NN)cc1)C(=O)/C(=C/c1ccc(C(F)(F)F)cc1)SC=O. The predicted octanol–water partition coefficient (Wildman–Crippen LogP) is 2.93. The fourth-order valence-corrected chi connectivity index (χ4v) is 3.58. The second kappa shape index (κ2) is 13.3. The Balaban J connectivity index is 1.92. The van der Waals surface area contributed by atoms with Gasteiger partial charge in [0.1, 0.15) is 0 Å². The van der Waals surface area contributed by atoms with Crippen LogP contribution in [-0.2, 0) is 20.6 Å². The van der Waals surface area contributed by atoms with Crippen molar-refractivity contribution in [3.63, 3.8) is 0 Å². The molecule has 0 radical (unpaired) electrons. The molecule has 2 rings (SSSR count). The van der Waals surface area contributed by atoms with Crippen molar-refractivity contribution in [2.45, 2.75) is 19.0 Å². The van der Waals surface area contributed by atoms with Gasteiger partial charge in [0.2, 0.25) is 5.91 Å². The highest BCUT2D eigenvalue weighted by Gasteiger charge is 2.29. The van der Waals surface area contributed by atoms with E-state index in [0.717, 1.165) is 12.1 Å². The van der Waals surface area contributed by atoms with Gasteiger partial charge in [-0.3, -0.25) is 14.4 Å². The van der Waals surface area contributed by atoms with Crippen LogP contribution >= 0.6 is 11.8 Å². The Morgan fingerprint density at radius 2 is 1.75 bits per heavy atom. The van der Waals surface area contributed by atoms with Crippen molar-refractivity contribution >= 4 is 46.8 Å². The molecule has 2 amide bonds. The molecular weight excluding hydrogens is 497 g/mol. The van der Waals surface area contributed by atoms with Crippen LogP contribution < -0.4 is 22.4 Å². The maximum atomic E-state index is 12.7. The third-order valence-corrected chi connectivity index (χ3v) is 5.52. The van der Waals surface area contributed by atoms with Gasteiger partial charge in [-0.25, -0.2) is 5.84 Å². The van der Waals surface area contributed by atoms with Gasteiger partial charge in [0.15, 0.2) is 11.5 Å². The van der Waals surface area contributed by atoms with Crippen molar-refractivity contribution in [2.75, 3.05) is 18.9 Å². The molecule has 9 nitrogen and oxygen atoms in total. The Kier molecular flexibility index (Phi) is 10.5. The molecule has 0 atom stereocenters. The Bertz CT molecular complexity index is 1120. The highest BCUT2D eigenvalue weighted by atomic mass is 32.2. The molecule has 0 fully saturated rings. The number of nitrogens with two attached hydrogens (primary N) is 2. The number of nitrogens with one attached hydrogen (secondary N) is 2. The van der Waals surface area contributed by atoms with Crippen LogP contribution in [0.15, 0.2) is 58.5 Å². The van der Waals surface area contributed by atoms with Crippen molar-refractivity contribution in [2.24, 2.45) is 16.8 Å². The molecule has 2 aromatic carbocycles. The summed E-state index contributed by atoms with van der Waals surface area (Å²) >= 11 is 0.625. The molecule has 0 saturated heterocycles. The molecule has 36 heavy (non-hydrogen) atoms. The lowest BCUT2D eigenvalue weighted by molar-refractivity contribution is -0.137. The molecule has 0 saturated carbocycles. The Morgan fingerprint density at radius 3 is 2.28 bits per heavy atom. The van der Waals surface area contributed by atoms with E-state index in [1.807, 2.05) is 0 Å². The maximum Gasteiger partial charge on any atom is 0.416 e. The van der Waals surface area contributed by atoms with Crippen molar-refractivity contribution in [1.82, 2.24) is 10.3 Å². The highest BCUT2D eigenvalue weighted by Crippen LogP contribution is 2.30. The molecule has 2 aromatic rings. The molecular formula is C23H25F3N6O3S. The van der Waals surface area contributed by atoms with Gasteiger partial charge < -0.3 is 21.5 Å². The first kappa shape index (κ1) is 28.4. The fourth-order valence-electron chi connectivity index (χ4n) is 3.01. The lowest BCUT2D eigenvalue weighted by Gasteiger charge is -2.18. The van der Waals surface area contributed by atoms with Crippen LogP contribution in [0.5, 0.6) is 0 Å². The molecule has 192 valence electrons. The number of anilines is 1. The van der Waals surface area contributed by atoms with E-state index in [9.17, 15) is 27.6 Å². The number of likely N-dealkylation sites (N-methyl/N-ethyl adjacent to an activating group) is 1. The maximum absolute atomic E-state index is 12.7. The van der Waals surface area contributed by atoms with Gasteiger partial charge in [0.05, 0.1) is 10.5 Å². The van der Waals surface area contributed by atoms with Crippen LogP contribution in [0.1, 0.15) is 29.5 Å². The van der Waals surface area contributed by atoms with Gasteiger partial charge in [-0.05, 0) is 66.2 Å². The van der Waals surface area contributed by atoms with E-state index in [2.05, 4.69) is 15.8 Å². The number of hydrogen-bond acceptors (Lipinski definition) is 7. The molecule has 0 aliphatic carbocycles. The second-order valence-corrected chi connectivity index (χ2v) is 8.29. The first-order valence-corrected chi connectivity index (χ1v) is 11.4. The van der Waals surface area contributed by atoms with Gasteiger partial charge in [0, 0.05) is 31.3 Å². The van der Waals surface area contributed by atoms with Crippen molar-refractivity contribution in [3.05, 3.63) is 70.1 Å². The summed E-state index contributed by atoms with van der Waals surface area (Å²) in [6, 6.07) is 10.9. The first-order valence-electron chi connectivity index (χ1n) is 10.5. The Labute approximate surface area is 209 Å². The number of hydrazone groups is 1. The smallest absolute Gasteiger partial charge is 0.341 e. The Hall–Kier alpha value is -3.84. The van der Waals surface area contributed by atoms with Gasteiger partial charge in [-0.15, -0.1) is 0 Å². The minimum atomic E-state index is -4.47. The van der Waals surface area contributed by atoms with Crippen LogP contribution in [0, 0.1) is 0 Å². The van der Waals surface area contributed by atoms with Crippen LogP contribution in [0.3, 0.4) is 0 Å². The number of halogens is 3. The number of benzene rings is 2. The lowest BCUT2D eigenvalue weighted by Crippen LogP contribution is -2.32. The molecule has 0 aromatic heterocycles. The number of alkyl halides is 3. The molecule has 13 heteroatoms. The normalized spacial score (nSPS) is 12.1. The molecule has 0 heterocycles. The highest BCUT2D eigenvalue weighted by molar-refractivity contribution is 8.16. The van der Waals surface area contributed by atoms with Gasteiger partial charge in [0.25, 0.3) is 5.91 Å². The van der Waals surface area contributed by atoms with Crippen molar-refractivity contribution in [3.8, 4) is 0 Å². The van der Waals surface area contributed by atoms with E-state index in [4.69, 9.17) is 11.7 Å². The molecule has 6 N–H and O–H groups in total. The summed E-state index contributed by atoms with van der Waals surface area (Å²) in [4.78, 5) is 37.4. The summed E-state index contributed by atoms with van der Waals surface area (Å²) in [5.41, 5.74) is 3.52. The van der Waals surface area contributed by atoms with Gasteiger partial charge in [-0.1, -0.05) is 12.1 Å². The van der Waals surface area contributed by atoms with E-state index >= 15 is 0 Å². The number of thioether (sulfide) groups is 1. The van der Waals surface area contributed by atoms with Crippen LogP contribution in [0.2, 0.25) is 0 Å². The average molecular weight is 523 g/mol. The monoisotopic (exact) mass is 522 g/mol. The van der Waals surface area contributed by atoms with E-state index < -0.39 is 17.6 Å². The van der Waals surface area contributed by atoms with E-state index in [0.29, 0.717) is 40.6 Å². The van der Waals surface area contributed by atoms with E-state index in [1.165, 1.54) is 30.2 Å². The van der Waals surface area contributed by atoms with Crippen molar-refractivity contribution in [1.29, 1.82) is 0 Å².